The van der Waals surface area contributed by atoms with Crippen molar-refractivity contribution in [3.05, 3.63) is 88.4 Å². The smallest absolute Gasteiger partial charge is 0.271 e. The molecular weight excluding hydrogens is 420 g/mol. The van der Waals surface area contributed by atoms with Crippen LogP contribution in [0.25, 0.3) is 10.6 Å². The number of ether oxygens (including phenoxy) is 1. The van der Waals surface area contributed by atoms with E-state index in [2.05, 4.69) is 15.3 Å². The van der Waals surface area contributed by atoms with E-state index in [4.69, 9.17) is 16.3 Å². The van der Waals surface area contributed by atoms with E-state index in [9.17, 15) is 4.79 Å². The second-order valence-corrected chi connectivity index (χ2v) is 7.92. The second-order valence-electron chi connectivity index (χ2n) is 6.62. The lowest BCUT2D eigenvalue weighted by atomic mass is 10.1. The second kappa shape index (κ2) is 8.69. The minimum Gasteiger partial charge on any atom is -0.497 e. The third kappa shape index (κ3) is 4.22. The molecule has 1 unspecified atom stereocenters. The van der Waals surface area contributed by atoms with Crippen LogP contribution in [0.15, 0.2) is 66.3 Å². The number of methoxy groups -OCH3 is 1. The highest BCUT2D eigenvalue weighted by molar-refractivity contribution is 7.13. The highest BCUT2D eigenvalue weighted by Crippen LogP contribution is 2.27. The van der Waals surface area contributed by atoms with E-state index in [0.717, 1.165) is 27.7 Å². The van der Waals surface area contributed by atoms with Crippen LogP contribution in [0.5, 0.6) is 5.75 Å². The summed E-state index contributed by atoms with van der Waals surface area (Å²) in [4.78, 5) is 21.9. The van der Waals surface area contributed by atoms with Crippen LogP contribution >= 0.6 is 22.9 Å². The fraction of sp³-hybridized carbons (Fsp3) is 0.136. The molecule has 4 aromatic rings. The summed E-state index contributed by atoms with van der Waals surface area (Å²) in [6.07, 6.45) is 3.55. The number of nitrogens with one attached hydrogen (secondary N) is 1. The van der Waals surface area contributed by atoms with Crippen molar-refractivity contribution in [3.63, 3.8) is 0 Å². The minimum atomic E-state index is -0.430. The fourth-order valence-electron chi connectivity index (χ4n) is 3.06. The van der Waals surface area contributed by atoms with E-state index >= 15 is 0 Å². The number of rotatable bonds is 6. The molecule has 0 bridgehead atoms. The number of hydrogen-bond donors (Lipinski definition) is 1. The summed E-state index contributed by atoms with van der Waals surface area (Å²) in [5.74, 6) is 1.22. The first-order valence-corrected chi connectivity index (χ1v) is 10.4. The first kappa shape index (κ1) is 20.1. The summed E-state index contributed by atoms with van der Waals surface area (Å²) >= 11 is 7.45. The Morgan fingerprint density at radius 2 is 1.90 bits per heavy atom. The number of aryl methyl sites for hydroxylation is 1. The average molecular weight is 439 g/mol. The zero-order chi connectivity index (χ0) is 21.1. The number of benzene rings is 2. The zero-order valence-corrected chi connectivity index (χ0v) is 17.9. The third-order valence-corrected chi connectivity index (χ3v) is 5.81. The molecule has 0 fully saturated rings. The quantitative estimate of drug-likeness (QED) is 0.472. The number of aromatic nitrogens is 3. The van der Waals surface area contributed by atoms with E-state index in [-0.39, 0.29) is 5.91 Å². The van der Waals surface area contributed by atoms with Gasteiger partial charge in [0.05, 0.1) is 7.11 Å². The molecule has 0 saturated carbocycles. The summed E-state index contributed by atoms with van der Waals surface area (Å²) in [6, 6.07) is 14.5. The number of amides is 1. The first-order valence-electron chi connectivity index (χ1n) is 9.18. The molecular formula is C22H19ClN4O2S. The van der Waals surface area contributed by atoms with Gasteiger partial charge >= 0.3 is 0 Å². The number of carbonyl (C=O) groups excluding carboxylic acids is 1. The SMILES string of the molecule is COc1ccc(-c2nc(C(=O)NC(c3ccc(Cl)cc3)c3nccn3C)cs2)cc1. The van der Waals surface area contributed by atoms with Crippen LogP contribution in [0.1, 0.15) is 27.9 Å². The number of hydrogen-bond acceptors (Lipinski definition) is 5. The van der Waals surface area contributed by atoms with Crippen LogP contribution < -0.4 is 10.1 Å². The molecule has 0 aliphatic heterocycles. The molecule has 2 aromatic carbocycles. The molecule has 1 N–H and O–H groups in total. The van der Waals surface area contributed by atoms with Crippen LogP contribution in [-0.2, 0) is 7.05 Å². The molecule has 0 spiro atoms. The lowest BCUT2D eigenvalue weighted by Crippen LogP contribution is -2.31. The molecule has 2 aromatic heterocycles. The number of imidazole rings is 1. The Morgan fingerprint density at radius 1 is 1.17 bits per heavy atom. The van der Waals surface area contributed by atoms with E-state index < -0.39 is 6.04 Å². The predicted octanol–water partition coefficient (Wildman–Crippen LogP) is 4.73. The van der Waals surface area contributed by atoms with Crippen molar-refractivity contribution in [1.29, 1.82) is 0 Å². The largest absolute Gasteiger partial charge is 0.497 e. The van der Waals surface area contributed by atoms with Gasteiger partial charge in [-0.2, -0.15) is 0 Å². The van der Waals surface area contributed by atoms with Gasteiger partial charge in [-0.1, -0.05) is 23.7 Å². The van der Waals surface area contributed by atoms with Crippen LogP contribution in [-0.4, -0.2) is 27.6 Å². The summed E-state index contributed by atoms with van der Waals surface area (Å²) in [6.45, 7) is 0. The average Bonchev–Trinajstić information content (AvgIpc) is 3.42. The Bertz CT molecular complexity index is 1150. The standard InChI is InChI=1S/C22H19ClN4O2S/c1-27-12-11-24-20(27)19(14-3-7-16(23)8-4-14)26-21(28)18-13-30-22(25-18)15-5-9-17(29-2)10-6-15/h3-13,19H,1-2H3,(H,26,28). The maximum absolute atomic E-state index is 13.0. The van der Waals surface area contributed by atoms with Crippen molar-refractivity contribution in [2.45, 2.75) is 6.04 Å². The normalized spacial score (nSPS) is 11.8. The number of carbonyl (C=O) groups is 1. The van der Waals surface area contributed by atoms with Crippen molar-refractivity contribution in [3.8, 4) is 16.3 Å². The van der Waals surface area contributed by atoms with Gasteiger partial charge in [-0.3, -0.25) is 4.79 Å². The molecule has 0 saturated heterocycles. The van der Waals surface area contributed by atoms with Crippen molar-refractivity contribution in [1.82, 2.24) is 19.9 Å². The van der Waals surface area contributed by atoms with Crippen molar-refractivity contribution in [2.24, 2.45) is 7.05 Å². The van der Waals surface area contributed by atoms with Gasteiger partial charge < -0.3 is 14.6 Å². The lowest BCUT2D eigenvalue weighted by Gasteiger charge is -2.18. The van der Waals surface area contributed by atoms with Crippen LogP contribution in [0.3, 0.4) is 0 Å². The monoisotopic (exact) mass is 438 g/mol. The van der Waals surface area contributed by atoms with Crippen LogP contribution in [0.2, 0.25) is 5.02 Å². The molecule has 1 atom stereocenters. The Kier molecular flexibility index (Phi) is 5.83. The van der Waals surface area contributed by atoms with Gasteiger partial charge in [0, 0.05) is 35.4 Å². The van der Waals surface area contributed by atoms with Gasteiger partial charge in [-0.15, -0.1) is 11.3 Å². The van der Waals surface area contributed by atoms with Gasteiger partial charge in [0.15, 0.2) is 0 Å². The molecule has 4 rings (SSSR count). The Labute approximate surface area is 183 Å². The summed E-state index contributed by atoms with van der Waals surface area (Å²) < 4.78 is 7.07. The van der Waals surface area contributed by atoms with Crippen LogP contribution in [0, 0.1) is 0 Å². The molecule has 2 heterocycles. The molecule has 0 aliphatic rings. The molecule has 0 radical (unpaired) electrons. The van der Waals surface area contributed by atoms with E-state index in [1.54, 1.807) is 30.8 Å². The van der Waals surface area contributed by atoms with Gasteiger partial charge in [0.2, 0.25) is 0 Å². The minimum absolute atomic E-state index is 0.269. The molecule has 8 heteroatoms. The highest BCUT2D eigenvalue weighted by Gasteiger charge is 2.23. The van der Waals surface area contributed by atoms with Gasteiger partial charge in [-0.05, 0) is 42.0 Å². The van der Waals surface area contributed by atoms with Crippen molar-refractivity contribution < 1.29 is 9.53 Å². The first-order chi connectivity index (χ1) is 14.5. The Balaban J connectivity index is 1.59. The maximum Gasteiger partial charge on any atom is 0.271 e. The predicted molar refractivity (Wildman–Crippen MR) is 118 cm³/mol. The maximum atomic E-state index is 13.0. The molecule has 1 amide bonds. The lowest BCUT2D eigenvalue weighted by molar-refractivity contribution is 0.0937. The summed E-state index contributed by atoms with van der Waals surface area (Å²) in [5, 5.41) is 6.21. The topological polar surface area (TPSA) is 69.0 Å². The van der Waals surface area contributed by atoms with Crippen molar-refractivity contribution >= 4 is 28.8 Å². The molecule has 6 nitrogen and oxygen atoms in total. The fourth-order valence-corrected chi connectivity index (χ4v) is 3.99. The third-order valence-electron chi connectivity index (χ3n) is 4.67. The Morgan fingerprint density at radius 3 is 2.53 bits per heavy atom. The van der Waals surface area contributed by atoms with Gasteiger partial charge in [-0.25, -0.2) is 9.97 Å². The molecule has 152 valence electrons. The molecule has 0 aliphatic carbocycles. The zero-order valence-electron chi connectivity index (χ0n) is 16.4. The number of nitrogens with zero attached hydrogens (tertiary/aromatic N) is 3. The van der Waals surface area contributed by atoms with Gasteiger partial charge in [0.25, 0.3) is 5.91 Å². The van der Waals surface area contributed by atoms with Crippen molar-refractivity contribution in [2.75, 3.05) is 7.11 Å². The highest BCUT2D eigenvalue weighted by atomic mass is 35.5. The number of thiazole rings is 1. The van der Waals surface area contributed by atoms with E-state index in [1.165, 1.54) is 11.3 Å². The van der Waals surface area contributed by atoms with E-state index in [0.29, 0.717) is 10.7 Å². The van der Waals surface area contributed by atoms with Gasteiger partial charge in [0.1, 0.15) is 28.3 Å². The van der Waals surface area contributed by atoms with E-state index in [1.807, 2.05) is 54.2 Å². The van der Waals surface area contributed by atoms with Crippen LogP contribution in [0.4, 0.5) is 0 Å². The summed E-state index contributed by atoms with van der Waals surface area (Å²) in [7, 11) is 3.52. The Hall–Kier alpha value is -3.16. The molecule has 30 heavy (non-hydrogen) atoms. The summed E-state index contributed by atoms with van der Waals surface area (Å²) in [5.41, 5.74) is 2.17. The number of halogens is 1.